The predicted octanol–water partition coefficient (Wildman–Crippen LogP) is 2.37. The summed E-state index contributed by atoms with van der Waals surface area (Å²) >= 11 is 0. The number of fused-ring (bicyclic) bond motifs is 1. The van der Waals surface area contributed by atoms with Crippen molar-refractivity contribution in [1.29, 1.82) is 0 Å². The second-order valence-electron chi connectivity index (χ2n) is 5.55. The third-order valence-corrected chi connectivity index (χ3v) is 3.50. The summed E-state index contributed by atoms with van der Waals surface area (Å²) in [5.41, 5.74) is 3.28. The van der Waals surface area contributed by atoms with Crippen molar-refractivity contribution in [2.24, 2.45) is 0 Å². The number of rotatable bonds is 5. The lowest BCUT2D eigenvalue weighted by Gasteiger charge is -2.22. The van der Waals surface area contributed by atoms with E-state index < -0.39 is 0 Å². The molecule has 2 aromatic rings. The van der Waals surface area contributed by atoms with Crippen LogP contribution in [0.3, 0.4) is 0 Å². The van der Waals surface area contributed by atoms with Crippen LogP contribution in [0.1, 0.15) is 36.9 Å². The smallest absolute Gasteiger partial charge is 0.125 e. The molecule has 0 bridgehead atoms. The largest absolute Gasteiger partial charge is 0.376 e. The SMILES string of the molecule is CC(C)OCC1OCCc2cn(Cc3ccccn3)nc21. The average molecular weight is 287 g/mol. The van der Waals surface area contributed by atoms with E-state index in [0.717, 1.165) is 24.4 Å². The van der Waals surface area contributed by atoms with Crippen molar-refractivity contribution in [3.63, 3.8) is 0 Å². The second kappa shape index (κ2) is 6.37. The Morgan fingerprint density at radius 2 is 2.33 bits per heavy atom. The zero-order valence-corrected chi connectivity index (χ0v) is 12.5. The number of hydrogen-bond acceptors (Lipinski definition) is 4. The minimum Gasteiger partial charge on any atom is -0.376 e. The van der Waals surface area contributed by atoms with Crippen molar-refractivity contribution in [1.82, 2.24) is 14.8 Å². The quantitative estimate of drug-likeness (QED) is 0.847. The number of hydrogen-bond donors (Lipinski definition) is 0. The van der Waals surface area contributed by atoms with Crippen LogP contribution in [0, 0.1) is 0 Å². The Hall–Kier alpha value is -1.72. The molecule has 1 atom stereocenters. The molecule has 21 heavy (non-hydrogen) atoms. The molecule has 5 nitrogen and oxygen atoms in total. The number of nitrogens with zero attached hydrogens (tertiary/aromatic N) is 3. The highest BCUT2D eigenvalue weighted by Crippen LogP contribution is 2.26. The maximum atomic E-state index is 5.80. The van der Waals surface area contributed by atoms with Crippen molar-refractivity contribution in [2.45, 2.75) is 39.0 Å². The lowest BCUT2D eigenvalue weighted by atomic mass is 10.1. The van der Waals surface area contributed by atoms with Crippen molar-refractivity contribution < 1.29 is 9.47 Å². The number of ether oxygens (including phenoxy) is 2. The summed E-state index contributed by atoms with van der Waals surface area (Å²) in [6.07, 6.45) is 4.97. The monoisotopic (exact) mass is 287 g/mol. The highest BCUT2D eigenvalue weighted by molar-refractivity contribution is 5.22. The highest BCUT2D eigenvalue weighted by Gasteiger charge is 2.25. The summed E-state index contributed by atoms with van der Waals surface area (Å²) in [5, 5.41) is 4.68. The fourth-order valence-corrected chi connectivity index (χ4v) is 2.48. The first-order valence-electron chi connectivity index (χ1n) is 7.41. The molecule has 0 fully saturated rings. The fraction of sp³-hybridized carbons (Fsp3) is 0.500. The van der Waals surface area contributed by atoms with Gasteiger partial charge in [0.15, 0.2) is 0 Å². The van der Waals surface area contributed by atoms with Crippen LogP contribution in [0.4, 0.5) is 0 Å². The Bertz CT molecular complexity index is 580. The molecule has 0 aromatic carbocycles. The summed E-state index contributed by atoms with van der Waals surface area (Å²) in [6, 6.07) is 5.93. The summed E-state index contributed by atoms with van der Waals surface area (Å²) in [5.74, 6) is 0. The van der Waals surface area contributed by atoms with E-state index in [4.69, 9.17) is 9.47 Å². The van der Waals surface area contributed by atoms with Crippen LogP contribution in [0.25, 0.3) is 0 Å². The molecule has 1 unspecified atom stereocenters. The van der Waals surface area contributed by atoms with Gasteiger partial charge in [-0.05, 0) is 38.0 Å². The maximum absolute atomic E-state index is 5.80. The molecule has 0 amide bonds. The van der Waals surface area contributed by atoms with Gasteiger partial charge in [0, 0.05) is 12.4 Å². The van der Waals surface area contributed by atoms with E-state index in [1.807, 2.05) is 36.7 Å². The first-order chi connectivity index (χ1) is 10.2. The normalized spacial score (nSPS) is 18.0. The van der Waals surface area contributed by atoms with Crippen LogP contribution in [0.2, 0.25) is 0 Å². The standard InChI is InChI=1S/C16H21N3O2/c1-12(2)21-11-15-16-13(6-8-20-15)9-19(18-16)10-14-5-3-4-7-17-14/h3-5,7,9,12,15H,6,8,10-11H2,1-2H3. The van der Waals surface area contributed by atoms with Crippen LogP contribution in [0.15, 0.2) is 30.6 Å². The molecular formula is C16H21N3O2. The zero-order valence-electron chi connectivity index (χ0n) is 12.5. The Kier molecular flexibility index (Phi) is 4.31. The van der Waals surface area contributed by atoms with Crippen LogP contribution in [0.5, 0.6) is 0 Å². The third-order valence-electron chi connectivity index (χ3n) is 3.50. The van der Waals surface area contributed by atoms with Gasteiger partial charge in [-0.25, -0.2) is 0 Å². The molecule has 0 saturated heterocycles. The molecule has 0 saturated carbocycles. The van der Waals surface area contributed by atoms with E-state index in [-0.39, 0.29) is 12.2 Å². The van der Waals surface area contributed by atoms with Gasteiger partial charge in [0.05, 0.1) is 37.3 Å². The van der Waals surface area contributed by atoms with Gasteiger partial charge in [-0.1, -0.05) is 6.07 Å². The molecule has 3 rings (SSSR count). The predicted molar refractivity (Wildman–Crippen MR) is 79.1 cm³/mol. The molecule has 1 aliphatic heterocycles. The van der Waals surface area contributed by atoms with Gasteiger partial charge in [0.2, 0.25) is 0 Å². The first kappa shape index (κ1) is 14.2. The Labute approximate surface area is 124 Å². The molecule has 0 N–H and O–H groups in total. The van der Waals surface area contributed by atoms with E-state index in [2.05, 4.69) is 16.3 Å². The van der Waals surface area contributed by atoms with Crippen molar-refractivity contribution in [3.8, 4) is 0 Å². The Morgan fingerprint density at radius 3 is 3.10 bits per heavy atom. The van der Waals surface area contributed by atoms with Crippen molar-refractivity contribution >= 4 is 0 Å². The second-order valence-corrected chi connectivity index (χ2v) is 5.55. The lowest BCUT2D eigenvalue weighted by molar-refractivity contribution is -0.0444. The molecule has 5 heteroatoms. The summed E-state index contributed by atoms with van der Waals surface area (Å²) in [7, 11) is 0. The molecule has 0 radical (unpaired) electrons. The van der Waals surface area contributed by atoms with Gasteiger partial charge < -0.3 is 9.47 Å². The average Bonchev–Trinajstić information content (AvgIpc) is 2.89. The third kappa shape index (κ3) is 3.49. The highest BCUT2D eigenvalue weighted by atomic mass is 16.5. The van der Waals surface area contributed by atoms with Crippen LogP contribution < -0.4 is 0 Å². The van der Waals surface area contributed by atoms with Gasteiger partial charge in [-0.2, -0.15) is 5.10 Å². The molecular weight excluding hydrogens is 266 g/mol. The minimum absolute atomic E-state index is 0.0545. The van der Waals surface area contributed by atoms with Crippen LogP contribution >= 0.6 is 0 Å². The Balaban J connectivity index is 1.74. The topological polar surface area (TPSA) is 49.2 Å². The molecule has 0 spiro atoms. The van der Waals surface area contributed by atoms with E-state index in [1.54, 1.807) is 6.20 Å². The summed E-state index contributed by atoms with van der Waals surface area (Å²) in [4.78, 5) is 4.34. The maximum Gasteiger partial charge on any atom is 0.125 e. The van der Waals surface area contributed by atoms with E-state index in [1.165, 1.54) is 5.56 Å². The summed E-state index contributed by atoms with van der Waals surface area (Å²) < 4.78 is 13.4. The minimum atomic E-state index is -0.0545. The van der Waals surface area contributed by atoms with Crippen LogP contribution in [-0.4, -0.2) is 34.1 Å². The van der Waals surface area contributed by atoms with Gasteiger partial charge in [-0.15, -0.1) is 0 Å². The fourth-order valence-electron chi connectivity index (χ4n) is 2.48. The van der Waals surface area contributed by atoms with Gasteiger partial charge >= 0.3 is 0 Å². The number of aromatic nitrogens is 3. The van der Waals surface area contributed by atoms with Crippen LogP contribution in [-0.2, 0) is 22.4 Å². The van der Waals surface area contributed by atoms with E-state index in [9.17, 15) is 0 Å². The van der Waals surface area contributed by atoms with E-state index >= 15 is 0 Å². The van der Waals surface area contributed by atoms with Crippen molar-refractivity contribution in [2.75, 3.05) is 13.2 Å². The molecule has 0 aliphatic carbocycles. The zero-order chi connectivity index (χ0) is 14.7. The van der Waals surface area contributed by atoms with Crippen molar-refractivity contribution in [3.05, 3.63) is 47.5 Å². The summed E-state index contributed by atoms with van der Waals surface area (Å²) in [6.45, 7) is 6.04. The molecule has 2 aromatic heterocycles. The van der Waals surface area contributed by atoms with Gasteiger partial charge in [0.25, 0.3) is 0 Å². The van der Waals surface area contributed by atoms with Gasteiger partial charge in [0.1, 0.15) is 6.10 Å². The van der Waals surface area contributed by atoms with E-state index in [0.29, 0.717) is 13.2 Å². The Morgan fingerprint density at radius 1 is 1.43 bits per heavy atom. The first-order valence-corrected chi connectivity index (χ1v) is 7.41. The molecule has 1 aliphatic rings. The molecule has 112 valence electrons. The van der Waals surface area contributed by atoms with Gasteiger partial charge in [-0.3, -0.25) is 9.67 Å². The number of pyridine rings is 1. The molecule has 3 heterocycles. The lowest BCUT2D eigenvalue weighted by Crippen LogP contribution is -2.21.